The van der Waals surface area contributed by atoms with Crippen molar-refractivity contribution >= 4 is 0 Å². The lowest BCUT2D eigenvalue weighted by Gasteiger charge is -2.04. The summed E-state index contributed by atoms with van der Waals surface area (Å²) in [6.45, 7) is 1.75. The van der Waals surface area contributed by atoms with Gasteiger partial charge in [-0.25, -0.2) is 4.39 Å². The number of aromatic nitrogens is 1. The molecule has 0 aliphatic rings. The van der Waals surface area contributed by atoms with Crippen LogP contribution in [0.4, 0.5) is 4.39 Å². The molecule has 1 aromatic heterocycles. The molecule has 0 amide bonds. The van der Waals surface area contributed by atoms with E-state index in [4.69, 9.17) is 0 Å². The minimum Gasteiger partial charge on any atom is -0.316 e. The van der Waals surface area contributed by atoms with E-state index in [2.05, 4.69) is 10.3 Å². The van der Waals surface area contributed by atoms with Crippen LogP contribution in [0.25, 0.3) is 0 Å². The quantitative estimate of drug-likeness (QED) is 0.790. The Labute approximate surface area is 107 Å². The molecule has 0 spiro atoms. The van der Waals surface area contributed by atoms with Crippen LogP contribution in [0.15, 0.2) is 48.7 Å². The largest absolute Gasteiger partial charge is 0.316 e. The van der Waals surface area contributed by atoms with E-state index in [1.165, 1.54) is 6.07 Å². The van der Waals surface area contributed by atoms with Gasteiger partial charge < -0.3 is 5.32 Å². The lowest BCUT2D eigenvalue weighted by Crippen LogP contribution is -2.20. The van der Waals surface area contributed by atoms with Crippen LogP contribution in [0, 0.1) is 5.82 Å². The fourth-order valence-electron chi connectivity index (χ4n) is 1.81. The summed E-state index contributed by atoms with van der Waals surface area (Å²) in [4.78, 5) is 4.26. The van der Waals surface area contributed by atoms with E-state index in [0.29, 0.717) is 0 Å². The molecule has 94 valence electrons. The third kappa shape index (κ3) is 4.26. The number of pyridine rings is 1. The van der Waals surface area contributed by atoms with E-state index < -0.39 is 0 Å². The Morgan fingerprint density at radius 3 is 2.67 bits per heavy atom. The van der Waals surface area contributed by atoms with Crippen molar-refractivity contribution in [2.45, 2.75) is 12.8 Å². The number of nitrogens with zero attached hydrogens (tertiary/aromatic N) is 1. The first-order valence-corrected chi connectivity index (χ1v) is 6.20. The van der Waals surface area contributed by atoms with E-state index in [1.54, 1.807) is 12.1 Å². The van der Waals surface area contributed by atoms with Crippen LogP contribution >= 0.6 is 0 Å². The van der Waals surface area contributed by atoms with Crippen LogP contribution in [-0.2, 0) is 12.8 Å². The number of hydrogen-bond donors (Lipinski definition) is 1. The average Bonchev–Trinajstić information content (AvgIpc) is 2.40. The van der Waals surface area contributed by atoms with Crippen molar-refractivity contribution in [1.29, 1.82) is 0 Å². The zero-order valence-electron chi connectivity index (χ0n) is 10.3. The van der Waals surface area contributed by atoms with Gasteiger partial charge in [0.05, 0.1) is 0 Å². The van der Waals surface area contributed by atoms with Gasteiger partial charge in [-0.3, -0.25) is 4.98 Å². The van der Waals surface area contributed by atoms with E-state index in [9.17, 15) is 4.39 Å². The summed E-state index contributed by atoms with van der Waals surface area (Å²) in [5.41, 5.74) is 2.12. The zero-order chi connectivity index (χ0) is 12.6. The molecular weight excluding hydrogens is 227 g/mol. The van der Waals surface area contributed by atoms with Crippen molar-refractivity contribution in [3.63, 3.8) is 0 Å². The predicted molar refractivity (Wildman–Crippen MR) is 70.9 cm³/mol. The van der Waals surface area contributed by atoms with Crippen molar-refractivity contribution in [2.24, 2.45) is 0 Å². The predicted octanol–water partition coefficient (Wildman–Crippen LogP) is 2.60. The lowest BCUT2D eigenvalue weighted by molar-refractivity contribution is 0.622. The maximum Gasteiger partial charge on any atom is 0.123 e. The summed E-state index contributed by atoms with van der Waals surface area (Å²) in [5.74, 6) is -0.166. The third-order valence-electron chi connectivity index (χ3n) is 2.76. The van der Waals surface area contributed by atoms with Crippen LogP contribution in [0.2, 0.25) is 0 Å². The molecule has 0 atom stereocenters. The highest BCUT2D eigenvalue weighted by molar-refractivity contribution is 5.16. The first-order chi connectivity index (χ1) is 8.84. The minimum atomic E-state index is -0.166. The fourth-order valence-corrected chi connectivity index (χ4v) is 1.81. The molecule has 3 heteroatoms. The molecule has 2 nitrogen and oxygen atoms in total. The Hall–Kier alpha value is -1.74. The van der Waals surface area contributed by atoms with Crippen molar-refractivity contribution in [3.8, 4) is 0 Å². The molecule has 0 saturated carbocycles. The molecule has 0 saturated heterocycles. The average molecular weight is 244 g/mol. The Bertz CT molecular complexity index is 471. The van der Waals surface area contributed by atoms with Gasteiger partial charge in [-0.1, -0.05) is 18.2 Å². The zero-order valence-corrected chi connectivity index (χ0v) is 10.3. The summed E-state index contributed by atoms with van der Waals surface area (Å²) in [6, 6.07) is 12.7. The normalized spacial score (nSPS) is 10.5. The standard InChI is InChI=1S/C15H17FN2/c16-14-5-3-4-13(12-14)7-10-17-11-8-15-6-1-2-9-18-15/h1-6,9,12,17H,7-8,10-11H2. The van der Waals surface area contributed by atoms with Crippen LogP contribution in [0.3, 0.4) is 0 Å². The van der Waals surface area contributed by atoms with Gasteiger partial charge in [-0.05, 0) is 42.8 Å². The van der Waals surface area contributed by atoms with E-state index in [1.807, 2.05) is 30.5 Å². The molecule has 2 aromatic rings. The van der Waals surface area contributed by atoms with Crippen molar-refractivity contribution in [3.05, 3.63) is 65.7 Å². The van der Waals surface area contributed by atoms with E-state index in [0.717, 1.165) is 37.2 Å². The van der Waals surface area contributed by atoms with Crippen molar-refractivity contribution < 1.29 is 4.39 Å². The highest BCUT2D eigenvalue weighted by Gasteiger charge is 1.96. The van der Waals surface area contributed by atoms with Gasteiger partial charge in [-0.15, -0.1) is 0 Å². The molecule has 0 aliphatic carbocycles. The van der Waals surface area contributed by atoms with Gasteiger partial charge >= 0.3 is 0 Å². The number of rotatable bonds is 6. The van der Waals surface area contributed by atoms with Crippen molar-refractivity contribution in [1.82, 2.24) is 10.3 Å². The molecule has 0 radical (unpaired) electrons. The van der Waals surface area contributed by atoms with Gasteiger partial charge in [0, 0.05) is 24.9 Å². The van der Waals surface area contributed by atoms with Crippen LogP contribution < -0.4 is 5.32 Å². The maximum absolute atomic E-state index is 12.9. The minimum absolute atomic E-state index is 0.166. The van der Waals surface area contributed by atoms with Gasteiger partial charge in [0.2, 0.25) is 0 Å². The smallest absolute Gasteiger partial charge is 0.123 e. The SMILES string of the molecule is Fc1cccc(CCNCCc2ccccn2)c1. The second-order valence-electron chi connectivity index (χ2n) is 4.20. The number of halogens is 1. The van der Waals surface area contributed by atoms with Crippen LogP contribution in [-0.4, -0.2) is 18.1 Å². The topological polar surface area (TPSA) is 24.9 Å². The molecule has 1 aromatic carbocycles. The summed E-state index contributed by atoms with van der Waals surface area (Å²) in [5, 5.41) is 3.34. The first-order valence-electron chi connectivity index (χ1n) is 6.20. The van der Waals surface area contributed by atoms with Crippen LogP contribution in [0.1, 0.15) is 11.3 Å². The molecule has 1 N–H and O–H groups in total. The summed E-state index contributed by atoms with van der Waals surface area (Å²) < 4.78 is 12.9. The lowest BCUT2D eigenvalue weighted by atomic mass is 10.1. The Balaban J connectivity index is 1.65. The second-order valence-corrected chi connectivity index (χ2v) is 4.20. The monoisotopic (exact) mass is 244 g/mol. The van der Waals surface area contributed by atoms with E-state index in [-0.39, 0.29) is 5.82 Å². The molecule has 0 unspecified atom stereocenters. The van der Waals surface area contributed by atoms with Gasteiger partial charge in [0.25, 0.3) is 0 Å². The van der Waals surface area contributed by atoms with E-state index >= 15 is 0 Å². The molecular formula is C15H17FN2. The number of hydrogen-bond acceptors (Lipinski definition) is 2. The summed E-state index contributed by atoms with van der Waals surface area (Å²) >= 11 is 0. The Morgan fingerprint density at radius 2 is 1.89 bits per heavy atom. The highest BCUT2D eigenvalue weighted by atomic mass is 19.1. The molecule has 0 bridgehead atoms. The molecule has 0 fully saturated rings. The van der Waals surface area contributed by atoms with Gasteiger partial charge in [0.1, 0.15) is 5.82 Å². The molecule has 2 rings (SSSR count). The molecule has 0 aliphatic heterocycles. The Kier molecular flexibility index (Phi) is 4.85. The summed E-state index contributed by atoms with van der Waals surface area (Å²) in [6.07, 6.45) is 3.58. The first kappa shape index (κ1) is 12.7. The molecule has 18 heavy (non-hydrogen) atoms. The maximum atomic E-state index is 12.9. The Morgan fingerprint density at radius 1 is 1.00 bits per heavy atom. The highest BCUT2D eigenvalue weighted by Crippen LogP contribution is 2.03. The second kappa shape index (κ2) is 6.87. The van der Waals surface area contributed by atoms with Gasteiger partial charge in [-0.2, -0.15) is 0 Å². The number of nitrogens with one attached hydrogen (secondary N) is 1. The van der Waals surface area contributed by atoms with Crippen LogP contribution in [0.5, 0.6) is 0 Å². The van der Waals surface area contributed by atoms with Gasteiger partial charge in [0.15, 0.2) is 0 Å². The fraction of sp³-hybridized carbons (Fsp3) is 0.267. The number of benzene rings is 1. The third-order valence-corrected chi connectivity index (χ3v) is 2.76. The summed E-state index contributed by atoms with van der Waals surface area (Å²) in [7, 11) is 0. The molecule has 1 heterocycles. The van der Waals surface area contributed by atoms with Crippen molar-refractivity contribution in [2.75, 3.05) is 13.1 Å².